The molecule has 0 saturated carbocycles. The van der Waals surface area contributed by atoms with Crippen LogP contribution >= 0.6 is 0 Å². The molecule has 2 aromatic heterocycles. The first-order valence-corrected chi connectivity index (χ1v) is 7.24. The first-order valence-electron chi connectivity index (χ1n) is 7.24. The molecule has 0 saturated heterocycles. The van der Waals surface area contributed by atoms with Crippen molar-refractivity contribution in [2.24, 2.45) is 0 Å². The van der Waals surface area contributed by atoms with Crippen LogP contribution in [0.1, 0.15) is 26.3 Å². The van der Waals surface area contributed by atoms with Crippen LogP contribution in [0.3, 0.4) is 0 Å². The molecular formula is C18H18N4. The third-order valence-corrected chi connectivity index (χ3v) is 3.45. The molecule has 1 aromatic carbocycles. The smallest absolute Gasteiger partial charge is 0.159 e. The lowest BCUT2D eigenvalue weighted by atomic mass is 9.85. The van der Waals surface area contributed by atoms with E-state index in [-0.39, 0.29) is 5.41 Å². The van der Waals surface area contributed by atoms with Crippen LogP contribution in [0.25, 0.3) is 22.8 Å². The molecule has 0 spiro atoms. The molecule has 3 aromatic rings. The Morgan fingerprint density at radius 2 is 1.05 bits per heavy atom. The zero-order valence-electron chi connectivity index (χ0n) is 13.0. The quantitative estimate of drug-likeness (QED) is 0.718. The number of nitrogens with zero attached hydrogens (tertiary/aromatic N) is 4. The molecule has 0 radical (unpaired) electrons. The molecule has 0 atom stereocenters. The Hall–Kier alpha value is -2.62. The van der Waals surface area contributed by atoms with Gasteiger partial charge in [-0.15, -0.1) is 0 Å². The van der Waals surface area contributed by atoms with E-state index in [1.54, 1.807) is 24.8 Å². The molecular weight excluding hydrogens is 272 g/mol. The summed E-state index contributed by atoms with van der Waals surface area (Å²) in [5, 5.41) is 0. The molecule has 2 heterocycles. The fraction of sp³-hybridized carbons (Fsp3) is 0.222. The highest BCUT2D eigenvalue weighted by Gasteiger charge is 2.17. The number of aromatic nitrogens is 4. The fourth-order valence-corrected chi connectivity index (χ4v) is 2.22. The molecule has 0 unspecified atom stereocenters. The van der Waals surface area contributed by atoms with E-state index in [0.717, 1.165) is 11.1 Å². The Balaban J connectivity index is 2.19. The van der Waals surface area contributed by atoms with Crippen molar-refractivity contribution in [3.05, 3.63) is 60.7 Å². The molecule has 3 rings (SSSR count). The average molecular weight is 290 g/mol. The van der Waals surface area contributed by atoms with E-state index in [1.165, 1.54) is 5.56 Å². The van der Waals surface area contributed by atoms with Crippen molar-refractivity contribution in [2.75, 3.05) is 0 Å². The first kappa shape index (κ1) is 14.3. The lowest BCUT2D eigenvalue weighted by molar-refractivity contribution is 0.590. The first-order chi connectivity index (χ1) is 10.5. The van der Waals surface area contributed by atoms with Gasteiger partial charge in [0.05, 0.1) is 0 Å². The lowest BCUT2D eigenvalue weighted by Crippen LogP contribution is -2.11. The van der Waals surface area contributed by atoms with E-state index in [1.807, 2.05) is 18.2 Å². The van der Waals surface area contributed by atoms with Gasteiger partial charge in [-0.1, -0.05) is 20.8 Å². The van der Waals surface area contributed by atoms with Crippen molar-refractivity contribution in [3.8, 4) is 22.8 Å². The molecule has 110 valence electrons. The van der Waals surface area contributed by atoms with Crippen LogP contribution in [0.5, 0.6) is 0 Å². The van der Waals surface area contributed by atoms with Crippen molar-refractivity contribution in [2.45, 2.75) is 26.2 Å². The molecule has 4 heteroatoms. The predicted octanol–water partition coefficient (Wildman–Crippen LogP) is 3.90. The molecule has 0 amide bonds. The topological polar surface area (TPSA) is 51.6 Å². The molecule has 4 nitrogen and oxygen atoms in total. The van der Waals surface area contributed by atoms with E-state index in [9.17, 15) is 0 Å². The van der Waals surface area contributed by atoms with E-state index >= 15 is 0 Å². The summed E-state index contributed by atoms with van der Waals surface area (Å²) in [5.41, 5.74) is 3.19. The third-order valence-electron chi connectivity index (χ3n) is 3.45. The lowest BCUT2D eigenvalue weighted by Gasteiger charge is -2.21. The summed E-state index contributed by atoms with van der Waals surface area (Å²) in [6.07, 6.45) is 7.02. The number of hydrogen-bond acceptors (Lipinski definition) is 4. The SMILES string of the molecule is CC(C)(C)c1cc(-c2ncccn2)cc(-c2ncccn2)c1. The number of hydrogen-bond donors (Lipinski definition) is 0. The van der Waals surface area contributed by atoms with Crippen LogP contribution in [-0.2, 0) is 5.41 Å². The van der Waals surface area contributed by atoms with Gasteiger partial charge >= 0.3 is 0 Å². The highest BCUT2D eigenvalue weighted by molar-refractivity contribution is 5.68. The van der Waals surface area contributed by atoms with Gasteiger partial charge in [-0.05, 0) is 41.3 Å². The van der Waals surface area contributed by atoms with Gasteiger partial charge in [0, 0.05) is 35.9 Å². The van der Waals surface area contributed by atoms with Gasteiger partial charge in [-0.2, -0.15) is 0 Å². The zero-order valence-corrected chi connectivity index (χ0v) is 13.0. The Morgan fingerprint density at radius 1 is 0.636 bits per heavy atom. The average Bonchev–Trinajstić information content (AvgIpc) is 2.55. The van der Waals surface area contributed by atoms with Gasteiger partial charge in [-0.3, -0.25) is 0 Å². The van der Waals surface area contributed by atoms with Crippen LogP contribution in [0.4, 0.5) is 0 Å². The minimum absolute atomic E-state index is 0.0221. The normalized spacial score (nSPS) is 11.4. The van der Waals surface area contributed by atoms with E-state index in [2.05, 4.69) is 52.8 Å². The van der Waals surface area contributed by atoms with Crippen LogP contribution in [0, 0.1) is 0 Å². The third kappa shape index (κ3) is 3.01. The van der Waals surface area contributed by atoms with Crippen molar-refractivity contribution in [3.63, 3.8) is 0 Å². The van der Waals surface area contributed by atoms with Crippen molar-refractivity contribution < 1.29 is 0 Å². The molecule has 22 heavy (non-hydrogen) atoms. The van der Waals surface area contributed by atoms with Gasteiger partial charge in [0.1, 0.15) is 0 Å². The van der Waals surface area contributed by atoms with Crippen LogP contribution in [-0.4, -0.2) is 19.9 Å². The highest BCUT2D eigenvalue weighted by Crippen LogP contribution is 2.30. The van der Waals surface area contributed by atoms with Gasteiger partial charge in [0.25, 0.3) is 0 Å². The maximum atomic E-state index is 4.36. The summed E-state index contributed by atoms with van der Waals surface area (Å²) < 4.78 is 0. The van der Waals surface area contributed by atoms with E-state index in [0.29, 0.717) is 11.6 Å². The summed E-state index contributed by atoms with van der Waals surface area (Å²) in [7, 11) is 0. The Morgan fingerprint density at radius 3 is 1.41 bits per heavy atom. The van der Waals surface area contributed by atoms with Crippen molar-refractivity contribution >= 4 is 0 Å². The van der Waals surface area contributed by atoms with Crippen molar-refractivity contribution in [1.29, 1.82) is 0 Å². The molecule has 0 bridgehead atoms. The summed E-state index contributed by atoms with van der Waals surface area (Å²) in [6.45, 7) is 6.56. The van der Waals surface area contributed by atoms with Crippen LogP contribution < -0.4 is 0 Å². The van der Waals surface area contributed by atoms with Crippen LogP contribution in [0.2, 0.25) is 0 Å². The summed E-state index contributed by atoms with van der Waals surface area (Å²) in [6, 6.07) is 9.96. The molecule has 0 aliphatic rings. The number of benzene rings is 1. The van der Waals surface area contributed by atoms with Crippen molar-refractivity contribution in [1.82, 2.24) is 19.9 Å². The molecule has 0 fully saturated rings. The minimum atomic E-state index is 0.0221. The second-order valence-electron chi connectivity index (χ2n) is 6.19. The maximum absolute atomic E-state index is 4.36. The van der Waals surface area contributed by atoms with E-state index in [4.69, 9.17) is 0 Å². The molecule has 0 aliphatic carbocycles. The predicted molar refractivity (Wildman–Crippen MR) is 87.2 cm³/mol. The minimum Gasteiger partial charge on any atom is -0.237 e. The Labute approximate surface area is 130 Å². The number of rotatable bonds is 2. The van der Waals surface area contributed by atoms with Gasteiger partial charge in [0.15, 0.2) is 11.6 Å². The van der Waals surface area contributed by atoms with Gasteiger partial charge < -0.3 is 0 Å². The summed E-state index contributed by atoms with van der Waals surface area (Å²) in [4.78, 5) is 17.4. The second kappa shape index (κ2) is 5.64. The Bertz CT molecular complexity index is 704. The second-order valence-corrected chi connectivity index (χ2v) is 6.19. The molecule has 0 aliphatic heterocycles. The standard InChI is InChI=1S/C18H18N4/c1-18(2,3)15-11-13(16-19-6-4-7-20-16)10-14(12-15)17-21-8-5-9-22-17/h4-12H,1-3H3. The monoisotopic (exact) mass is 290 g/mol. The highest BCUT2D eigenvalue weighted by atomic mass is 14.9. The fourth-order valence-electron chi connectivity index (χ4n) is 2.22. The summed E-state index contributed by atoms with van der Waals surface area (Å²) >= 11 is 0. The van der Waals surface area contributed by atoms with Crippen LogP contribution in [0.15, 0.2) is 55.1 Å². The molecule has 0 N–H and O–H groups in total. The van der Waals surface area contributed by atoms with Gasteiger partial charge in [0.2, 0.25) is 0 Å². The zero-order chi connectivity index (χ0) is 15.6. The summed E-state index contributed by atoms with van der Waals surface area (Å²) in [5.74, 6) is 1.43. The largest absolute Gasteiger partial charge is 0.237 e. The maximum Gasteiger partial charge on any atom is 0.159 e. The van der Waals surface area contributed by atoms with E-state index < -0.39 is 0 Å². The Kier molecular flexibility index (Phi) is 3.67. The van der Waals surface area contributed by atoms with Gasteiger partial charge in [-0.25, -0.2) is 19.9 Å².